The van der Waals surface area contributed by atoms with Crippen LogP contribution in [-0.2, 0) is 14.4 Å². The molecule has 3 aliphatic heterocycles. The predicted octanol–water partition coefficient (Wildman–Crippen LogP) is 3.33. The number of benzene rings is 1. The number of nitrogens with zero attached hydrogens (tertiary/aromatic N) is 3. The maximum absolute atomic E-state index is 13.1. The van der Waals surface area contributed by atoms with Gasteiger partial charge < -0.3 is 14.7 Å². The summed E-state index contributed by atoms with van der Waals surface area (Å²) in [7, 11) is 0. The van der Waals surface area contributed by atoms with E-state index >= 15 is 0 Å². The van der Waals surface area contributed by atoms with Crippen molar-refractivity contribution in [1.82, 2.24) is 9.80 Å². The average Bonchev–Trinajstić information content (AvgIpc) is 2.97. The predicted molar refractivity (Wildman–Crippen MR) is 116 cm³/mol. The van der Waals surface area contributed by atoms with Gasteiger partial charge in [-0.15, -0.1) is 0 Å². The fourth-order valence-corrected chi connectivity index (χ4v) is 5.17. The largest absolute Gasteiger partial charge is 0.342 e. The monoisotopic (exact) mass is 431 g/mol. The summed E-state index contributed by atoms with van der Waals surface area (Å²) in [6.07, 6.45) is 6.27. The molecule has 3 aliphatic rings. The first-order chi connectivity index (χ1) is 14.5. The van der Waals surface area contributed by atoms with E-state index in [1.165, 1.54) is 12.8 Å². The van der Waals surface area contributed by atoms with E-state index in [2.05, 4.69) is 0 Å². The van der Waals surface area contributed by atoms with Gasteiger partial charge in [-0.3, -0.25) is 14.4 Å². The molecule has 1 unspecified atom stereocenters. The quantitative estimate of drug-likeness (QED) is 0.737. The van der Waals surface area contributed by atoms with Gasteiger partial charge in [-0.05, 0) is 37.8 Å². The Morgan fingerprint density at radius 3 is 2.10 bits per heavy atom. The Labute approximate surface area is 183 Å². The Balaban J connectivity index is 1.32. The first-order valence-electron chi connectivity index (χ1n) is 11.2. The summed E-state index contributed by atoms with van der Waals surface area (Å²) >= 11 is 6.24. The van der Waals surface area contributed by atoms with Crippen LogP contribution in [0.4, 0.5) is 5.69 Å². The molecule has 6 nitrogen and oxygen atoms in total. The van der Waals surface area contributed by atoms with Crippen LogP contribution < -0.4 is 4.90 Å². The molecule has 1 aromatic rings. The molecule has 0 aromatic heterocycles. The minimum Gasteiger partial charge on any atom is -0.342 e. The Morgan fingerprint density at radius 2 is 1.43 bits per heavy atom. The zero-order valence-corrected chi connectivity index (χ0v) is 18.1. The minimum atomic E-state index is -0.341. The van der Waals surface area contributed by atoms with Crippen LogP contribution in [0, 0.1) is 11.8 Å². The highest BCUT2D eigenvalue weighted by Crippen LogP contribution is 2.32. The Bertz CT molecular complexity index is 799. The van der Waals surface area contributed by atoms with Crippen molar-refractivity contribution >= 4 is 35.0 Å². The second kappa shape index (κ2) is 9.38. The van der Waals surface area contributed by atoms with Gasteiger partial charge in [0, 0.05) is 45.1 Å². The normalized spacial score (nSPS) is 23.6. The second-order valence-electron chi connectivity index (χ2n) is 8.70. The van der Waals surface area contributed by atoms with Crippen molar-refractivity contribution in [3.05, 3.63) is 29.3 Å². The molecule has 7 heteroatoms. The molecule has 1 aromatic carbocycles. The van der Waals surface area contributed by atoms with Gasteiger partial charge in [0.1, 0.15) is 0 Å². The molecule has 30 heavy (non-hydrogen) atoms. The molecule has 0 saturated carbocycles. The lowest BCUT2D eigenvalue weighted by Crippen LogP contribution is -2.46. The van der Waals surface area contributed by atoms with Crippen LogP contribution in [0.25, 0.3) is 0 Å². The van der Waals surface area contributed by atoms with Crippen molar-refractivity contribution in [2.24, 2.45) is 11.8 Å². The zero-order chi connectivity index (χ0) is 21.1. The summed E-state index contributed by atoms with van der Waals surface area (Å²) < 4.78 is 0. The van der Waals surface area contributed by atoms with Gasteiger partial charge >= 0.3 is 0 Å². The fourth-order valence-electron chi connectivity index (χ4n) is 4.93. The van der Waals surface area contributed by atoms with Gasteiger partial charge in [-0.2, -0.15) is 0 Å². The fraction of sp³-hybridized carbons (Fsp3) is 0.609. The summed E-state index contributed by atoms with van der Waals surface area (Å²) in [6, 6.07) is 7.24. The van der Waals surface area contributed by atoms with Gasteiger partial charge in [0.25, 0.3) is 0 Å². The van der Waals surface area contributed by atoms with Gasteiger partial charge in [-0.1, -0.05) is 36.6 Å². The maximum Gasteiger partial charge on any atom is 0.228 e. The molecular weight excluding hydrogens is 402 g/mol. The highest BCUT2D eigenvalue weighted by Gasteiger charge is 2.39. The molecule has 3 amide bonds. The molecule has 3 heterocycles. The van der Waals surface area contributed by atoms with Crippen LogP contribution in [0.3, 0.4) is 0 Å². The van der Waals surface area contributed by atoms with E-state index in [0.717, 1.165) is 38.8 Å². The molecular formula is C23H30ClN3O3. The molecule has 1 atom stereocenters. The zero-order valence-electron chi connectivity index (χ0n) is 17.4. The van der Waals surface area contributed by atoms with E-state index in [4.69, 9.17) is 11.6 Å². The molecule has 0 bridgehead atoms. The van der Waals surface area contributed by atoms with Crippen LogP contribution >= 0.6 is 11.6 Å². The first-order valence-corrected chi connectivity index (χ1v) is 11.5. The lowest BCUT2D eigenvalue weighted by molar-refractivity contribution is -0.142. The number of amides is 3. The highest BCUT2D eigenvalue weighted by atomic mass is 35.5. The van der Waals surface area contributed by atoms with E-state index in [0.29, 0.717) is 30.3 Å². The van der Waals surface area contributed by atoms with Crippen LogP contribution in [0.5, 0.6) is 0 Å². The molecule has 0 spiro atoms. The van der Waals surface area contributed by atoms with Gasteiger partial charge in [0.05, 0.1) is 16.6 Å². The van der Waals surface area contributed by atoms with E-state index in [1.54, 1.807) is 11.0 Å². The summed E-state index contributed by atoms with van der Waals surface area (Å²) in [5, 5.41) is 0.520. The number of halogens is 1. The summed E-state index contributed by atoms with van der Waals surface area (Å²) in [5.74, 6) is -0.0835. The SMILES string of the molecule is O=C(C1CCN(C(=O)C2CC(=O)N(c3ccccc3Cl)C2)CC1)N1CCCCCC1. The average molecular weight is 432 g/mol. The molecule has 0 aliphatic carbocycles. The van der Waals surface area contributed by atoms with Crippen molar-refractivity contribution < 1.29 is 14.4 Å². The van der Waals surface area contributed by atoms with Crippen LogP contribution in [-0.4, -0.2) is 60.2 Å². The molecule has 0 radical (unpaired) electrons. The lowest BCUT2D eigenvalue weighted by atomic mass is 9.94. The first kappa shape index (κ1) is 21.2. The molecule has 4 rings (SSSR count). The van der Waals surface area contributed by atoms with Crippen LogP contribution in [0.1, 0.15) is 44.9 Å². The van der Waals surface area contributed by atoms with E-state index in [9.17, 15) is 14.4 Å². The number of carbonyl (C=O) groups is 3. The summed E-state index contributed by atoms with van der Waals surface area (Å²) in [6.45, 7) is 3.31. The third-order valence-corrected chi connectivity index (χ3v) is 7.01. The summed E-state index contributed by atoms with van der Waals surface area (Å²) in [4.78, 5) is 43.9. The number of para-hydroxylation sites is 1. The van der Waals surface area contributed by atoms with Gasteiger partial charge in [0.2, 0.25) is 17.7 Å². The third kappa shape index (κ3) is 4.48. The number of piperidine rings is 1. The van der Waals surface area contributed by atoms with Crippen molar-refractivity contribution in [3.8, 4) is 0 Å². The standard InChI is InChI=1S/C23H30ClN3O3/c24-19-7-3-4-8-20(19)27-16-18(15-21(27)28)23(30)26-13-9-17(10-14-26)22(29)25-11-5-1-2-6-12-25/h3-4,7-8,17-18H,1-2,5-6,9-16H2. The van der Waals surface area contributed by atoms with Crippen LogP contribution in [0.2, 0.25) is 5.02 Å². The number of hydrogen-bond donors (Lipinski definition) is 0. The lowest BCUT2D eigenvalue weighted by Gasteiger charge is -2.35. The van der Waals surface area contributed by atoms with Gasteiger partial charge in [0.15, 0.2) is 0 Å². The van der Waals surface area contributed by atoms with Crippen LogP contribution in [0.15, 0.2) is 24.3 Å². The van der Waals surface area contributed by atoms with E-state index < -0.39 is 0 Å². The highest BCUT2D eigenvalue weighted by molar-refractivity contribution is 6.33. The van der Waals surface area contributed by atoms with Crippen molar-refractivity contribution in [3.63, 3.8) is 0 Å². The third-order valence-electron chi connectivity index (χ3n) is 6.69. The second-order valence-corrected chi connectivity index (χ2v) is 9.10. The summed E-state index contributed by atoms with van der Waals surface area (Å²) in [5.41, 5.74) is 0.668. The Morgan fingerprint density at radius 1 is 0.833 bits per heavy atom. The Kier molecular flexibility index (Phi) is 6.61. The van der Waals surface area contributed by atoms with Gasteiger partial charge in [-0.25, -0.2) is 0 Å². The van der Waals surface area contributed by atoms with E-state index in [-0.39, 0.29) is 36.0 Å². The van der Waals surface area contributed by atoms with Crippen molar-refractivity contribution in [2.75, 3.05) is 37.6 Å². The smallest absolute Gasteiger partial charge is 0.228 e. The molecule has 0 N–H and O–H groups in total. The number of hydrogen-bond acceptors (Lipinski definition) is 3. The number of rotatable bonds is 3. The van der Waals surface area contributed by atoms with Crippen molar-refractivity contribution in [1.29, 1.82) is 0 Å². The minimum absolute atomic E-state index is 0.0250. The Hall–Kier alpha value is -2.08. The maximum atomic E-state index is 13.1. The van der Waals surface area contributed by atoms with E-state index in [1.807, 2.05) is 28.0 Å². The molecule has 162 valence electrons. The number of anilines is 1. The van der Waals surface area contributed by atoms with Crippen molar-refractivity contribution in [2.45, 2.75) is 44.9 Å². The number of likely N-dealkylation sites (tertiary alicyclic amines) is 2. The topological polar surface area (TPSA) is 60.9 Å². The molecule has 3 saturated heterocycles. The molecule has 3 fully saturated rings. The number of carbonyl (C=O) groups excluding carboxylic acids is 3.